The van der Waals surface area contributed by atoms with E-state index in [1.165, 1.54) is 0 Å². The van der Waals surface area contributed by atoms with E-state index in [-0.39, 0.29) is 23.1 Å². The highest BCUT2D eigenvalue weighted by molar-refractivity contribution is 5.97. The quantitative estimate of drug-likeness (QED) is 0.741. The lowest BCUT2D eigenvalue weighted by molar-refractivity contribution is -0.136. The average molecular weight is 419 g/mol. The maximum absolute atomic E-state index is 13.4. The molecule has 162 valence electrons. The first-order valence-corrected chi connectivity index (χ1v) is 11.5. The molecule has 0 aromatic heterocycles. The molecule has 0 spiro atoms. The molecule has 0 bridgehead atoms. The summed E-state index contributed by atoms with van der Waals surface area (Å²) >= 11 is 0. The van der Waals surface area contributed by atoms with Crippen LogP contribution in [0.25, 0.3) is 0 Å². The number of ether oxygens (including phenoxy) is 1. The number of hydrogen-bond acceptors (Lipinski definition) is 3. The molecule has 2 aromatic carbocycles. The number of carbonyl (C=O) groups excluding carboxylic acids is 2. The highest BCUT2D eigenvalue weighted by atomic mass is 16.5. The number of amides is 2. The van der Waals surface area contributed by atoms with E-state index < -0.39 is 0 Å². The van der Waals surface area contributed by atoms with Crippen LogP contribution in [0.3, 0.4) is 0 Å². The van der Waals surface area contributed by atoms with Gasteiger partial charge in [0.05, 0.1) is 17.6 Å². The number of nitrogens with zero attached hydrogens (tertiary/aromatic N) is 1. The highest BCUT2D eigenvalue weighted by Crippen LogP contribution is 2.50. The van der Waals surface area contributed by atoms with Gasteiger partial charge in [-0.2, -0.15) is 0 Å². The Hall–Kier alpha value is -2.82. The summed E-state index contributed by atoms with van der Waals surface area (Å²) in [5.74, 6) is 1.13. The van der Waals surface area contributed by atoms with Gasteiger partial charge < -0.3 is 15.0 Å². The molecule has 1 atom stereocenters. The van der Waals surface area contributed by atoms with Gasteiger partial charge in [0.1, 0.15) is 5.75 Å². The molecular formula is C26H30N2O3. The van der Waals surface area contributed by atoms with Crippen LogP contribution < -0.4 is 10.1 Å². The van der Waals surface area contributed by atoms with Crippen molar-refractivity contribution < 1.29 is 14.3 Å². The molecule has 1 saturated heterocycles. The smallest absolute Gasteiger partial charge is 0.255 e. The van der Waals surface area contributed by atoms with Gasteiger partial charge in [-0.15, -0.1) is 0 Å². The lowest BCUT2D eigenvalue weighted by Crippen LogP contribution is -2.46. The Balaban J connectivity index is 1.21. The molecule has 1 N–H and O–H groups in total. The van der Waals surface area contributed by atoms with Crippen molar-refractivity contribution in [2.75, 3.05) is 19.7 Å². The Labute approximate surface area is 183 Å². The number of piperidine rings is 1. The predicted molar refractivity (Wildman–Crippen MR) is 119 cm³/mol. The summed E-state index contributed by atoms with van der Waals surface area (Å²) in [7, 11) is 0. The molecule has 5 nitrogen and oxygen atoms in total. The zero-order valence-corrected chi connectivity index (χ0v) is 17.9. The molecule has 31 heavy (non-hydrogen) atoms. The molecule has 1 heterocycles. The highest BCUT2D eigenvalue weighted by Gasteiger charge is 2.53. The van der Waals surface area contributed by atoms with Crippen LogP contribution in [0, 0.1) is 5.92 Å². The van der Waals surface area contributed by atoms with Crippen molar-refractivity contribution in [3.63, 3.8) is 0 Å². The monoisotopic (exact) mass is 418 g/mol. The summed E-state index contributed by atoms with van der Waals surface area (Å²) in [5.41, 5.74) is 1.44. The molecule has 3 aliphatic rings. The third-order valence-electron chi connectivity index (χ3n) is 6.81. The first-order valence-electron chi connectivity index (χ1n) is 11.5. The van der Waals surface area contributed by atoms with E-state index in [2.05, 4.69) is 17.4 Å². The van der Waals surface area contributed by atoms with Crippen LogP contribution in [0.1, 0.15) is 54.4 Å². The Morgan fingerprint density at radius 3 is 2.48 bits per heavy atom. The van der Waals surface area contributed by atoms with Gasteiger partial charge in [0, 0.05) is 25.0 Å². The van der Waals surface area contributed by atoms with Crippen molar-refractivity contribution in [1.29, 1.82) is 0 Å². The van der Waals surface area contributed by atoms with Gasteiger partial charge in [-0.1, -0.05) is 42.5 Å². The average Bonchev–Trinajstić information content (AvgIpc) is 3.74. The fraction of sp³-hybridized carbons (Fsp3) is 0.462. The number of carbonyl (C=O) groups is 2. The number of rotatable bonds is 7. The number of para-hydroxylation sites is 1. The first-order chi connectivity index (χ1) is 15.2. The molecule has 5 rings (SSSR count). The minimum absolute atomic E-state index is 0.0583. The van der Waals surface area contributed by atoms with E-state index in [0.29, 0.717) is 24.0 Å². The predicted octanol–water partition coefficient (Wildman–Crippen LogP) is 3.93. The number of hydrogen-bond donors (Lipinski definition) is 1. The Kier molecular flexibility index (Phi) is 5.43. The molecule has 0 radical (unpaired) electrons. The van der Waals surface area contributed by atoms with Crippen molar-refractivity contribution in [2.24, 2.45) is 5.92 Å². The van der Waals surface area contributed by atoms with Crippen LogP contribution in [0.2, 0.25) is 0 Å². The molecular weight excluding hydrogens is 388 g/mol. The van der Waals surface area contributed by atoms with E-state index in [4.69, 9.17) is 4.74 Å². The zero-order chi connectivity index (χ0) is 21.3. The molecule has 1 unspecified atom stereocenters. The van der Waals surface area contributed by atoms with Gasteiger partial charge >= 0.3 is 0 Å². The second-order valence-corrected chi connectivity index (χ2v) is 9.26. The van der Waals surface area contributed by atoms with Gasteiger partial charge in [-0.3, -0.25) is 9.59 Å². The third-order valence-corrected chi connectivity index (χ3v) is 6.81. The molecule has 2 aromatic rings. The van der Waals surface area contributed by atoms with Crippen molar-refractivity contribution >= 4 is 11.8 Å². The first kappa shape index (κ1) is 20.1. The molecule has 2 saturated carbocycles. The Morgan fingerprint density at radius 2 is 1.74 bits per heavy atom. The molecule has 5 heteroatoms. The van der Waals surface area contributed by atoms with Crippen molar-refractivity contribution in [2.45, 2.75) is 50.0 Å². The molecule has 3 fully saturated rings. The minimum atomic E-state index is -0.308. The lowest BCUT2D eigenvalue weighted by Gasteiger charge is -2.35. The van der Waals surface area contributed by atoms with Crippen LogP contribution in [0.15, 0.2) is 54.6 Å². The molecule has 2 amide bonds. The SMILES string of the molecule is O=C(NC1CC1)c1ccccc1OCC1CCCN(C(=O)C2(c3ccccc3)CC2)C1. The summed E-state index contributed by atoms with van der Waals surface area (Å²) in [6, 6.07) is 18.0. The molecule has 1 aliphatic heterocycles. The standard InChI is InChI=1S/C26H30N2O3/c29-24(27-21-12-13-21)22-10-4-5-11-23(22)31-18-19-7-6-16-28(17-19)25(30)26(14-15-26)20-8-2-1-3-9-20/h1-5,8-11,19,21H,6-7,12-18H2,(H,27,29). The van der Waals surface area contributed by atoms with Crippen LogP contribution in [-0.2, 0) is 10.2 Å². The third kappa shape index (κ3) is 4.32. The van der Waals surface area contributed by atoms with E-state index in [1.54, 1.807) is 0 Å². The fourth-order valence-corrected chi connectivity index (χ4v) is 4.67. The number of nitrogens with one attached hydrogen (secondary N) is 1. The maximum Gasteiger partial charge on any atom is 0.255 e. The summed E-state index contributed by atoms with van der Waals surface area (Å²) in [6.45, 7) is 2.07. The molecule has 2 aliphatic carbocycles. The van der Waals surface area contributed by atoms with Crippen molar-refractivity contribution in [3.05, 3.63) is 65.7 Å². The summed E-state index contributed by atoms with van der Waals surface area (Å²) in [6.07, 6.45) is 6.04. The van der Waals surface area contributed by atoms with E-state index in [0.717, 1.165) is 57.2 Å². The van der Waals surface area contributed by atoms with Crippen molar-refractivity contribution in [3.8, 4) is 5.75 Å². The zero-order valence-electron chi connectivity index (χ0n) is 17.9. The van der Waals surface area contributed by atoms with Gasteiger partial charge in [0.2, 0.25) is 5.91 Å². The number of likely N-dealkylation sites (tertiary alicyclic amines) is 1. The van der Waals surface area contributed by atoms with Crippen LogP contribution in [-0.4, -0.2) is 42.5 Å². The second-order valence-electron chi connectivity index (χ2n) is 9.26. The largest absolute Gasteiger partial charge is 0.492 e. The Bertz CT molecular complexity index is 950. The van der Waals surface area contributed by atoms with Gasteiger partial charge in [0.25, 0.3) is 5.91 Å². The topological polar surface area (TPSA) is 58.6 Å². The van der Waals surface area contributed by atoms with E-state index in [1.807, 2.05) is 47.4 Å². The van der Waals surface area contributed by atoms with Crippen LogP contribution >= 0.6 is 0 Å². The van der Waals surface area contributed by atoms with Gasteiger partial charge in [0.15, 0.2) is 0 Å². The summed E-state index contributed by atoms with van der Waals surface area (Å²) < 4.78 is 6.11. The van der Waals surface area contributed by atoms with Gasteiger partial charge in [-0.05, 0) is 56.2 Å². The van der Waals surface area contributed by atoms with E-state index in [9.17, 15) is 9.59 Å². The normalized spacial score (nSPS) is 21.9. The second kappa shape index (κ2) is 8.37. The minimum Gasteiger partial charge on any atom is -0.492 e. The van der Waals surface area contributed by atoms with Gasteiger partial charge in [-0.25, -0.2) is 0 Å². The van der Waals surface area contributed by atoms with E-state index >= 15 is 0 Å². The summed E-state index contributed by atoms with van der Waals surface area (Å²) in [4.78, 5) is 27.9. The Morgan fingerprint density at radius 1 is 1.00 bits per heavy atom. The lowest BCUT2D eigenvalue weighted by atomic mass is 9.91. The summed E-state index contributed by atoms with van der Waals surface area (Å²) in [5, 5.41) is 3.04. The van der Waals surface area contributed by atoms with Crippen molar-refractivity contribution in [1.82, 2.24) is 10.2 Å². The fourth-order valence-electron chi connectivity index (χ4n) is 4.67. The number of benzene rings is 2. The van der Waals surface area contributed by atoms with Crippen LogP contribution in [0.5, 0.6) is 5.75 Å². The maximum atomic E-state index is 13.4. The van der Waals surface area contributed by atoms with Crippen LogP contribution in [0.4, 0.5) is 0 Å².